The summed E-state index contributed by atoms with van der Waals surface area (Å²) in [5.74, 6) is -0.486. The van der Waals surface area contributed by atoms with Crippen LogP contribution in [0.15, 0.2) is 0 Å². The zero-order valence-corrected chi connectivity index (χ0v) is 74.4. The van der Waals surface area contributed by atoms with Gasteiger partial charge in [0.2, 0.25) is 0 Å². The predicted octanol–water partition coefficient (Wildman–Crippen LogP) is 28.2. The predicted molar refractivity (Wildman–Crippen MR) is 455 cm³/mol. The Morgan fingerprint density at radius 2 is 0.418 bits per heavy atom. The van der Waals surface area contributed by atoms with Crippen LogP contribution in [-0.4, -0.2) is 96.7 Å². The lowest BCUT2D eigenvalue weighted by Gasteiger charge is -2.21. The average Bonchev–Trinajstić information content (AvgIpc) is 0.899. The number of phosphoric acid groups is 2. The monoisotopic (exact) mass is 1610 g/mol. The van der Waals surface area contributed by atoms with Crippen LogP contribution in [-0.2, 0) is 65.4 Å². The first-order chi connectivity index (χ1) is 53.4. The molecule has 654 valence electrons. The van der Waals surface area contributed by atoms with Gasteiger partial charge in [-0.15, -0.1) is 0 Å². The van der Waals surface area contributed by atoms with E-state index in [4.69, 9.17) is 37.0 Å². The summed E-state index contributed by atoms with van der Waals surface area (Å²) in [5.41, 5.74) is 0. The minimum atomic E-state index is -4.97. The van der Waals surface area contributed by atoms with E-state index in [1.165, 1.54) is 308 Å². The molecular formula is C91H178O17P2. The number of phosphoric ester groups is 2. The highest BCUT2D eigenvalue weighted by atomic mass is 31.2. The van der Waals surface area contributed by atoms with Crippen molar-refractivity contribution in [3.05, 3.63) is 0 Å². The average molecular weight is 1610 g/mol. The van der Waals surface area contributed by atoms with Crippen LogP contribution in [0.4, 0.5) is 0 Å². The number of carbonyl (C=O) groups excluding carboxylic acids is 4. The van der Waals surface area contributed by atoms with E-state index in [1.54, 1.807) is 0 Å². The van der Waals surface area contributed by atoms with Gasteiger partial charge in [0.15, 0.2) is 12.2 Å². The van der Waals surface area contributed by atoms with Gasteiger partial charge in [-0.1, -0.05) is 440 Å². The summed E-state index contributed by atoms with van der Waals surface area (Å²) in [6, 6.07) is 0. The smallest absolute Gasteiger partial charge is 0.462 e. The highest BCUT2D eigenvalue weighted by Gasteiger charge is 2.31. The Labute approximate surface area is 677 Å². The molecule has 0 aromatic carbocycles. The standard InChI is InChI=1S/C91H178O17P2/c1-7-9-11-13-15-17-19-21-22-23-24-25-26-27-28-33-39-45-51-57-63-69-75-90(95)108-87(80-102-89(94)74-68-62-56-50-44-38-34-29-31-36-41-47-53-59-65-71-83(3)4)82-106-110(99,100)104-78-85(92)77-103-109(97,98)105-81-86(79-101-88(93)73-67-61-55-49-43-20-18-16-14-12-10-8-2)107-91(96)76-70-64-58-52-46-40-35-30-32-37-42-48-54-60-66-72-84(5)6/h83-87,92H,7-82H2,1-6H3,(H,97,98)(H,99,100)/t85-,86+,87+/m0/s1. The number of hydrogen-bond donors (Lipinski definition) is 3. The van der Waals surface area contributed by atoms with Gasteiger partial charge in [-0.25, -0.2) is 9.13 Å². The lowest BCUT2D eigenvalue weighted by atomic mass is 10.0. The molecule has 0 radical (unpaired) electrons. The van der Waals surface area contributed by atoms with Crippen molar-refractivity contribution in [3.63, 3.8) is 0 Å². The number of rotatable bonds is 90. The van der Waals surface area contributed by atoms with E-state index in [0.717, 1.165) is 102 Å². The van der Waals surface area contributed by atoms with Gasteiger partial charge in [0.25, 0.3) is 0 Å². The number of carbonyl (C=O) groups is 4. The van der Waals surface area contributed by atoms with Gasteiger partial charge in [0, 0.05) is 25.7 Å². The molecule has 0 aromatic rings. The summed E-state index contributed by atoms with van der Waals surface area (Å²) < 4.78 is 69.1. The SMILES string of the molecule is CCCCCCCCCCCCCCCCCCCCCCCCC(=O)O[C@H](COC(=O)CCCCCCCCCCCCCCCCCC(C)C)COP(=O)(O)OC[C@@H](O)COP(=O)(O)OC[C@@H](COC(=O)CCCCCCCCCCCCCC)OC(=O)CCCCCCCCCCCCCCCCCC(C)C. The molecule has 0 spiro atoms. The molecule has 0 saturated heterocycles. The zero-order chi connectivity index (χ0) is 80.6. The van der Waals surface area contributed by atoms with Crippen molar-refractivity contribution in [2.24, 2.45) is 11.8 Å². The molecule has 5 atom stereocenters. The topological polar surface area (TPSA) is 237 Å². The van der Waals surface area contributed by atoms with Crippen molar-refractivity contribution in [2.45, 2.75) is 509 Å². The van der Waals surface area contributed by atoms with Gasteiger partial charge < -0.3 is 33.8 Å². The molecule has 0 heterocycles. The zero-order valence-electron chi connectivity index (χ0n) is 72.6. The number of hydrogen-bond acceptors (Lipinski definition) is 15. The first-order valence-corrected chi connectivity index (χ1v) is 50.0. The number of aliphatic hydroxyl groups is 1. The summed E-state index contributed by atoms with van der Waals surface area (Å²) in [6.45, 7) is 9.76. The van der Waals surface area contributed by atoms with Crippen LogP contribution in [0.25, 0.3) is 0 Å². The molecule has 17 nitrogen and oxygen atoms in total. The highest BCUT2D eigenvalue weighted by Crippen LogP contribution is 2.45. The third-order valence-electron chi connectivity index (χ3n) is 21.5. The molecule has 2 unspecified atom stereocenters. The van der Waals surface area contributed by atoms with Crippen LogP contribution in [0.2, 0.25) is 0 Å². The summed E-state index contributed by atoms with van der Waals surface area (Å²) in [7, 11) is -9.94. The normalized spacial score (nSPS) is 13.7. The summed E-state index contributed by atoms with van der Waals surface area (Å²) in [4.78, 5) is 73.4. The third-order valence-corrected chi connectivity index (χ3v) is 23.4. The molecule has 19 heteroatoms. The molecule has 0 aliphatic heterocycles. The molecule has 0 bridgehead atoms. The first kappa shape index (κ1) is 108. The maximum atomic E-state index is 13.2. The molecule has 0 amide bonds. The largest absolute Gasteiger partial charge is 0.472 e. The van der Waals surface area contributed by atoms with Crippen LogP contribution in [0.1, 0.15) is 491 Å². The van der Waals surface area contributed by atoms with Gasteiger partial charge >= 0.3 is 39.5 Å². The maximum absolute atomic E-state index is 13.2. The second-order valence-corrected chi connectivity index (χ2v) is 36.6. The lowest BCUT2D eigenvalue weighted by Crippen LogP contribution is -2.30. The molecule has 110 heavy (non-hydrogen) atoms. The number of unbranched alkanes of at least 4 members (excludes halogenated alkanes) is 60. The Morgan fingerprint density at radius 1 is 0.245 bits per heavy atom. The van der Waals surface area contributed by atoms with Crippen LogP contribution in [0.3, 0.4) is 0 Å². The number of ether oxygens (including phenoxy) is 4. The Kier molecular flexibility index (Phi) is 80.7. The Balaban J connectivity index is 5.24. The fourth-order valence-electron chi connectivity index (χ4n) is 14.3. The minimum absolute atomic E-state index is 0.108. The second kappa shape index (κ2) is 82.2. The van der Waals surface area contributed by atoms with Crippen LogP contribution in [0, 0.1) is 11.8 Å². The van der Waals surface area contributed by atoms with E-state index in [1.807, 2.05) is 0 Å². The molecular weight excluding hydrogens is 1430 g/mol. The van der Waals surface area contributed by atoms with Gasteiger partial charge in [0.1, 0.15) is 19.3 Å². The van der Waals surface area contributed by atoms with E-state index in [9.17, 15) is 43.2 Å². The van der Waals surface area contributed by atoms with Crippen molar-refractivity contribution in [1.29, 1.82) is 0 Å². The quantitative estimate of drug-likeness (QED) is 0.0222. The molecule has 0 aliphatic rings. The minimum Gasteiger partial charge on any atom is -0.462 e. The molecule has 0 aliphatic carbocycles. The van der Waals surface area contributed by atoms with Crippen molar-refractivity contribution in [1.82, 2.24) is 0 Å². The molecule has 0 rings (SSSR count). The van der Waals surface area contributed by atoms with Crippen molar-refractivity contribution < 1.29 is 80.2 Å². The highest BCUT2D eigenvalue weighted by molar-refractivity contribution is 7.47. The Bertz CT molecular complexity index is 2100. The van der Waals surface area contributed by atoms with Gasteiger partial charge in [0.05, 0.1) is 26.4 Å². The Hall–Kier alpha value is -1.94. The van der Waals surface area contributed by atoms with E-state index < -0.39 is 97.5 Å². The van der Waals surface area contributed by atoms with E-state index in [0.29, 0.717) is 25.7 Å². The van der Waals surface area contributed by atoms with Crippen LogP contribution in [0.5, 0.6) is 0 Å². The summed E-state index contributed by atoms with van der Waals surface area (Å²) >= 11 is 0. The number of aliphatic hydroxyl groups excluding tert-OH is 1. The summed E-state index contributed by atoms with van der Waals surface area (Å²) in [6.07, 6.45) is 76.4. The molecule has 3 N–H and O–H groups in total. The first-order valence-electron chi connectivity index (χ1n) is 47.0. The van der Waals surface area contributed by atoms with Gasteiger partial charge in [-0.05, 0) is 37.5 Å². The molecule has 0 aromatic heterocycles. The third kappa shape index (κ3) is 84.0. The van der Waals surface area contributed by atoms with Crippen molar-refractivity contribution >= 4 is 39.5 Å². The van der Waals surface area contributed by atoms with E-state index in [-0.39, 0.29) is 25.7 Å². The Morgan fingerprint density at radius 3 is 0.618 bits per heavy atom. The van der Waals surface area contributed by atoms with Crippen molar-refractivity contribution in [2.75, 3.05) is 39.6 Å². The summed E-state index contributed by atoms with van der Waals surface area (Å²) in [5, 5.41) is 10.7. The van der Waals surface area contributed by atoms with E-state index in [2.05, 4.69) is 41.5 Å². The molecule has 0 fully saturated rings. The number of esters is 4. The fraction of sp³-hybridized carbons (Fsp3) is 0.956. The van der Waals surface area contributed by atoms with E-state index >= 15 is 0 Å². The van der Waals surface area contributed by atoms with Crippen LogP contribution < -0.4 is 0 Å². The fourth-order valence-corrected chi connectivity index (χ4v) is 15.9. The maximum Gasteiger partial charge on any atom is 0.472 e. The van der Waals surface area contributed by atoms with Gasteiger partial charge in [-0.2, -0.15) is 0 Å². The van der Waals surface area contributed by atoms with Crippen LogP contribution >= 0.6 is 15.6 Å². The lowest BCUT2D eigenvalue weighted by molar-refractivity contribution is -0.161. The van der Waals surface area contributed by atoms with Gasteiger partial charge in [-0.3, -0.25) is 37.3 Å². The molecule has 0 saturated carbocycles. The second-order valence-electron chi connectivity index (χ2n) is 33.6. The van der Waals surface area contributed by atoms with Crippen molar-refractivity contribution in [3.8, 4) is 0 Å².